The van der Waals surface area contributed by atoms with Gasteiger partial charge < -0.3 is 10.0 Å². The zero-order valence-electron chi connectivity index (χ0n) is 9.04. The Morgan fingerprint density at radius 1 is 1.17 bits per heavy atom. The van der Waals surface area contributed by atoms with Gasteiger partial charge >= 0.3 is 0 Å². The van der Waals surface area contributed by atoms with Gasteiger partial charge in [0.2, 0.25) is 0 Å². The van der Waals surface area contributed by atoms with Gasteiger partial charge in [-0.1, -0.05) is 13.8 Å². The number of nitrogens with zero attached hydrogens (tertiary/aromatic N) is 1. The molecule has 0 bridgehead atoms. The molecule has 1 N–H and O–H groups in total. The summed E-state index contributed by atoms with van der Waals surface area (Å²) in [7, 11) is 2.12. The Labute approximate surface area is 76.6 Å². The molecule has 0 rings (SSSR count). The fourth-order valence-corrected chi connectivity index (χ4v) is 1.43. The highest BCUT2D eigenvalue weighted by Crippen LogP contribution is 2.06. The molecule has 0 spiro atoms. The van der Waals surface area contributed by atoms with Gasteiger partial charge in [0.15, 0.2) is 0 Å². The van der Waals surface area contributed by atoms with Gasteiger partial charge in [0.1, 0.15) is 0 Å². The third kappa shape index (κ3) is 5.56. The minimum absolute atomic E-state index is 0.186. The first-order chi connectivity index (χ1) is 5.43. The normalized spacial score (nSPS) is 17.0. The zero-order chi connectivity index (χ0) is 9.72. The van der Waals surface area contributed by atoms with Crippen molar-refractivity contribution in [1.29, 1.82) is 0 Å². The van der Waals surface area contributed by atoms with Crippen LogP contribution in [0.15, 0.2) is 0 Å². The highest BCUT2D eigenvalue weighted by Gasteiger charge is 2.12. The molecule has 0 amide bonds. The number of hydrogen-bond acceptors (Lipinski definition) is 2. The average Bonchev–Trinajstić information content (AvgIpc) is 1.84. The summed E-state index contributed by atoms with van der Waals surface area (Å²) in [4.78, 5) is 2.30. The SMILES string of the molecule is CC(C)CN(C)C(C)CC(C)O. The summed E-state index contributed by atoms with van der Waals surface area (Å²) in [5.74, 6) is 0.700. The average molecular weight is 173 g/mol. The van der Waals surface area contributed by atoms with Crippen molar-refractivity contribution in [2.24, 2.45) is 5.92 Å². The largest absolute Gasteiger partial charge is 0.393 e. The lowest BCUT2D eigenvalue weighted by Gasteiger charge is -2.27. The molecule has 2 heteroatoms. The Kier molecular flexibility index (Phi) is 5.51. The second kappa shape index (κ2) is 5.55. The number of rotatable bonds is 5. The molecular weight excluding hydrogens is 150 g/mol. The van der Waals surface area contributed by atoms with E-state index in [1.165, 1.54) is 0 Å². The lowest BCUT2D eigenvalue weighted by molar-refractivity contribution is 0.128. The van der Waals surface area contributed by atoms with Crippen LogP contribution in [-0.4, -0.2) is 35.7 Å². The van der Waals surface area contributed by atoms with Gasteiger partial charge in [0.05, 0.1) is 6.10 Å². The molecule has 0 fully saturated rings. The molecule has 0 aliphatic heterocycles. The molecule has 0 aliphatic carbocycles. The van der Waals surface area contributed by atoms with Crippen LogP contribution in [-0.2, 0) is 0 Å². The molecule has 12 heavy (non-hydrogen) atoms. The van der Waals surface area contributed by atoms with Crippen LogP contribution in [0.2, 0.25) is 0 Å². The van der Waals surface area contributed by atoms with E-state index < -0.39 is 0 Å². The van der Waals surface area contributed by atoms with E-state index in [0.29, 0.717) is 12.0 Å². The van der Waals surface area contributed by atoms with Crippen LogP contribution in [0.5, 0.6) is 0 Å². The van der Waals surface area contributed by atoms with Gasteiger partial charge in [-0.05, 0) is 33.2 Å². The second-order valence-electron chi connectivity index (χ2n) is 4.27. The van der Waals surface area contributed by atoms with Crippen molar-refractivity contribution >= 4 is 0 Å². The molecule has 0 radical (unpaired) electrons. The van der Waals surface area contributed by atoms with Crippen LogP contribution in [0.4, 0.5) is 0 Å². The first kappa shape index (κ1) is 11.9. The molecule has 0 aliphatic rings. The number of aliphatic hydroxyl groups is 1. The van der Waals surface area contributed by atoms with E-state index in [2.05, 4.69) is 32.7 Å². The highest BCUT2D eigenvalue weighted by atomic mass is 16.3. The fraction of sp³-hybridized carbons (Fsp3) is 1.00. The molecule has 74 valence electrons. The second-order valence-corrected chi connectivity index (χ2v) is 4.27. The predicted molar refractivity (Wildman–Crippen MR) is 53.2 cm³/mol. The Balaban J connectivity index is 3.68. The minimum atomic E-state index is -0.186. The standard InChI is InChI=1S/C10H23NO/c1-8(2)7-11(5)9(3)6-10(4)12/h8-10,12H,6-7H2,1-5H3. The Bertz CT molecular complexity index is 98.4. The molecule has 2 atom stereocenters. The summed E-state index contributed by atoms with van der Waals surface area (Å²) in [5, 5.41) is 9.18. The van der Waals surface area contributed by atoms with Gasteiger partial charge in [-0.2, -0.15) is 0 Å². The third-order valence-corrected chi connectivity index (χ3v) is 2.09. The smallest absolute Gasteiger partial charge is 0.0526 e. The van der Waals surface area contributed by atoms with Crippen LogP contribution < -0.4 is 0 Å². The van der Waals surface area contributed by atoms with Gasteiger partial charge in [0.25, 0.3) is 0 Å². The molecule has 0 saturated carbocycles. The monoisotopic (exact) mass is 173 g/mol. The van der Waals surface area contributed by atoms with E-state index >= 15 is 0 Å². The van der Waals surface area contributed by atoms with Crippen molar-refractivity contribution in [3.8, 4) is 0 Å². The van der Waals surface area contributed by atoms with Crippen molar-refractivity contribution in [3.05, 3.63) is 0 Å². The van der Waals surface area contributed by atoms with Crippen LogP contribution in [0, 0.1) is 5.92 Å². The molecular formula is C10H23NO. The summed E-state index contributed by atoms with van der Waals surface area (Å²) < 4.78 is 0. The van der Waals surface area contributed by atoms with E-state index in [9.17, 15) is 5.11 Å². The van der Waals surface area contributed by atoms with Gasteiger partial charge in [-0.15, -0.1) is 0 Å². The third-order valence-electron chi connectivity index (χ3n) is 2.09. The van der Waals surface area contributed by atoms with Gasteiger partial charge in [-0.25, -0.2) is 0 Å². The maximum Gasteiger partial charge on any atom is 0.0526 e. The summed E-state index contributed by atoms with van der Waals surface area (Å²) in [6.45, 7) is 9.54. The molecule has 0 heterocycles. The summed E-state index contributed by atoms with van der Waals surface area (Å²) in [6.07, 6.45) is 0.679. The van der Waals surface area contributed by atoms with E-state index in [4.69, 9.17) is 0 Å². The van der Waals surface area contributed by atoms with Gasteiger partial charge in [0, 0.05) is 12.6 Å². The summed E-state index contributed by atoms with van der Waals surface area (Å²) in [5.41, 5.74) is 0. The van der Waals surface area contributed by atoms with Gasteiger partial charge in [-0.3, -0.25) is 0 Å². The van der Waals surface area contributed by atoms with Crippen molar-refractivity contribution in [3.63, 3.8) is 0 Å². The Morgan fingerprint density at radius 3 is 2.00 bits per heavy atom. The first-order valence-corrected chi connectivity index (χ1v) is 4.81. The van der Waals surface area contributed by atoms with E-state index in [1.54, 1.807) is 0 Å². The van der Waals surface area contributed by atoms with Crippen LogP contribution >= 0.6 is 0 Å². The lowest BCUT2D eigenvalue weighted by Crippen LogP contribution is -2.34. The fourth-order valence-electron chi connectivity index (χ4n) is 1.43. The van der Waals surface area contributed by atoms with E-state index in [0.717, 1.165) is 13.0 Å². The van der Waals surface area contributed by atoms with Crippen LogP contribution in [0.25, 0.3) is 0 Å². The maximum absolute atomic E-state index is 9.18. The van der Waals surface area contributed by atoms with E-state index in [1.807, 2.05) is 6.92 Å². The molecule has 0 aromatic rings. The van der Waals surface area contributed by atoms with Crippen molar-refractivity contribution < 1.29 is 5.11 Å². The zero-order valence-corrected chi connectivity index (χ0v) is 9.04. The Hall–Kier alpha value is -0.0800. The molecule has 0 aromatic heterocycles. The lowest BCUT2D eigenvalue weighted by atomic mass is 10.1. The molecule has 2 nitrogen and oxygen atoms in total. The Morgan fingerprint density at radius 2 is 1.67 bits per heavy atom. The molecule has 2 unspecified atom stereocenters. The predicted octanol–water partition coefficient (Wildman–Crippen LogP) is 1.73. The number of aliphatic hydroxyl groups excluding tert-OH is 1. The summed E-state index contributed by atoms with van der Waals surface area (Å²) >= 11 is 0. The quantitative estimate of drug-likeness (QED) is 0.684. The maximum atomic E-state index is 9.18. The minimum Gasteiger partial charge on any atom is -0.393 e. The molecule has 0 saturated heterocycles. The summed E-state index contributed by atoms with van der Waals surface area (Å²) in [6, 6.07) is 0.479. The highest BCUT2D eigenvalue weighted by molar-refractivity contribution is 4.66. The topological polar surface area (TPSA) is 23.5 Å². The molecule has 0 aromatic carbocycles. The van der Waals surface area contributed by atoms with Crippen molar-refractivity contribution in [2.45, 2.75) is 46.3 Å². The first-order valence-electron chi connectivity index (χ1n) is 4.81. The van der Waals surface area contributed by atoms with Crippen LogP contribution in [0.1, 0.15) is 34.1 Å². The van der Waals surface area contributed by atoms with Crippen LogP contribution in [0.3, 0.4) is 0 Å². The van der Waals surface area contributed by atoms with E-state index in [-0.39, 0.29) is 6.10 Å². The number of hydrogen-bond donors (Lipinski definition) is 1. The van der Waals surface area contributed by atoms with Crippen molar-refractivity contribution in [1.82, 2.24) is 4.90 Å². The van der Waals surface area contributed by atoms with Crippen molar-refractivity contribution in [2.75, 3.05) is 13.6 Å².